The summed E-state index contributed by atoms with van der Waals surface area (Å²) in [6, 6.07) is 13.0. The first-order chi connectivity index (χ1) is 16.9. The Morgan fingerprint density at radius 1 is 1.11 bits per heavy atom. The van der Waals surface area contributed by atoms with E-state index in [4.69, 9.17) is 16.3 Å². The highest BCUT2D eigenvalue weighted by molar-refractivity contribution is 6.31. The molecule has 2 saturated heterocycles. The summed E-state index contributed by atoms with van der Waals surface area (Å²) in [6.45, 7) is 7.04. The van der Waals surface area contributed by atoms with Crippen molar-refractivity contribution in [3.05, 3.63) is 70.0 Å². The van der Waals surface area contributed by atoms with Crippen molar-refractivity contribution in [2.75, 3.05) is 32.8 Å². The number of amides is 1. The van der Waals surface area contributed by atoms with Gasteiger partial charge in [-0.25, -0.2) is 4.39 Å². The van der Waals surface area contributed by atoms with Gasteiger partial charge in [-0.1, -0.05) is 41.9 Å². The lowest BCUT2D eigenvalue weighted by Crippen LogP contribution is -2.50. The number of carbonyl (C=O) groups is 2. The third kappa shape index (κ3) is 6.22. The minimum atomic E-state index is -0.258. The zero-order valence-electron chi connectivity index (χ0n) is 20.5. The second-order valence-corrected chi connectivity index (χ2v) is 10.2. The fraction of sp³-hybridized carbons (Fsp3) is 0.500. The van der Waals surface area contributed by atoms with Gasteiger partial charge in [0.2, 0.25) is 5.91 Å². The molecule has 0 unspecified atom stereocenters. The molecule has 2 fully saturated rings. The van der Waals surface area contributed by atoms with Gasteiger partial charge >= 0.3 is 5.97 Å². The van der Waals surface area contributed by atoms with E-state index in [1.54, 1.807) is 13.8 Å². The predicted octanol–water partition coefficient (Wildman–Crippen LogP) is 5.19. The zero-order chi connectivity index (χ0) is 24.9. The molecule has 2 heterocycles. The third-order valence-electron chi connectivity index (χ3n) is 7.23. The largest absolute Gasteiger partial charge is 0.466 e. The summed E-state index contributed by atoms with van der Waals surface area (Å²) in [5.74, 6) is -0.706. The molecule has 0 spiro atoms. The zero-order valence-corrected chi connectivity index (χ0v) is 21.3. The number of hydrogen-bond acceptors (Lipinski definition) is 4. The summed E-state index contributed by atoms with van der Waals surface area (Å²) in [5, 5.41) is 0.712. The molecule has 0 aromatic heterocycles. The molecule has 3 atom stereocenters. The van der Waals surface area contributed by atoms with Crippen LogP contribution in [0.2, 0.25) is 5.02 Å². The van der Waals surface area contributed by atoms with Gasteiger partial charge in [0.05, 0.1) is 18.4 Å². The van der Waals surface area contributed by atoms with Crippen LogP contribution in [0.5, 0.6) is 0 Å². The lowest BCUT2D eigenvalue weighted by molar-refractivity contribution is -0.152. The van der Waals surface area contributed by atoms with Gasteiger partial charge in [-0.2, -0.15) is 0 Å². The van der Waals surface area contributed by atoms with Crippen LogP contribution in [0, 0.1) is 24.6 Å². The number of halogens is 2. The second kappa shape index (κ2) is 11.5. The Kier molecular flexibility index (Phi) is 8.45. The molecule has 0 N–H and O–H groups in total. The van der Waals surface area contributed by atoms with E-state index in [0.29, 0.717) is 49.8 Å². The highest BCUT2D eigenvalue weighted by atomic mass is 35.5. The minimum Gasteiger partial charge on any atom is -0.466 e. The number of rotatable bonds is 6. The number of benzene rings is 2. The van der Waals surface area contributed by atoms with Crippen LogP contribution in [-0.2, 0) is 20.9 Å². The summed E-state index contributed by atoms with van der Waals surface area (Å²) in [5.41, 5.74) is 2.69. The SMILES string of the molecule is CCOC(=O)[C@H]1CCCN(C(=O)[C@@H]2C[C@H](c3ccc(F)c(C)c3)CN(Cc3ccccc3Cl)C2)C1. The highest BCUT2D eigenvalue weighted by Gasteiger charge is 2.37. The molecule has 2 aromatic carbocycles. The van der Waals surface area contributed by atoms with Crippen molar-refractivity contribution in [1.29, 1.82) is 0 Å². The fourth-order valence-corrected chi connectivity index (χ4v) is 5.61. The number of ether oxygens (including phenoxy) is 1. The van der Waals surface area contributed by atoms with Crippen molar-refractivity contribution in [3.63, 3.8) is 0 Å². The standard InChI is InChI=1S/C28H34ClFN2O3/c1-3-35-28(34)22-8-6-12-32(18-22)27(33)24-14-23(20-10-11-26(30)19(2)13-20)16-31(17-24)15-21-7-4-5-9-25(21)29/h4-5,7,9-11,13,22-24H,3,6,8,12,14-18H2,1-2H3/t22-,23-,24+/m0/s1. The van der Waals surface area contributed by atoms with Crippen LogP contribution in [0.4, 0.5) is 4.39 Å². The average Bonchev–Trinajstić information content (AvgIpc) is 2.86. The molecular weight excluding hydrogens is 467 g/mol. The molecule has 7 heteroatoms. The fourth-order valence-electron chi connectivity index (χ4n) is 5.42. The van der Waals surface area contributed by atoms with Crippen molar-refractivity contribution in [3.8, 4) is 0 Å². The van der Waals surface area contributed by atoms with E-state index in [9.17, 15) is 14.0 Å². The topological polar surface area (TPSA) is 49.9 Å². The molecule has 188 valence electrons. The maximum absolute atomic E-state index is 14.0. The van der Waals surface area contributed by atoms with Gasteiger partial charge in [-0.05, 0) is 67.9 Å². The van der Waals surface area contributed by atoms with Crippen LogP contribution in [0.1, 0.15) is 48.8 Å². The van der Waals surface area contributed by atoms with Crippen molar-refractivity contribution in [2.45, 2.75) is 45.6 Å². The first-order valence-electron chi connectivity index (χ1n) is 12.5. The molecule has 2 aliphatic rings. The molecule has 0 radical (unpaired) electrons. The van der Waals surface area contributed by atoms with Crippen molar-refractivity contribution >= 4 is 23.5 Å². The normalized spacial score (nSPS) is 23.2. The summed E-state index contributed by atoms with van der Waals surface area (Å²) < 4.78 is 19.2. The van der Waals surface area contributed by atoms with Crippen LogP contribution in [-0.4, -0.2) is 54.5 Å². The first kappa shape index (κ1) is 25.6. The van der Waals surface area contributed by atoms with Gasteiger partial charge in [-0.3, -0.25) is 14.5 Å². The number of aryl methyl sites for hydroxylation is 1. The van der Waals surface area contributed by atoms with E-state index in [-0.39, 0.29) is 35.4 Å². The Hall–Kier alpha value is -2.44. The Morgan fingerprint density at radius 2 is 1.91 bits per heavy atom. The molecule has 2 aliphatic heterocycles. The number of nitrogens with zero attached hydrogens (tertiary/aromatic N) is 2. The van der Waals surface area contributed by atoms with Gasteiger partial charge in [-0.15, -0.1) is 0 Å². The average molecular weight is 501 g/mol. The maximum Gasteiger partial charge on any atom is 0.310 e. The number of esters is 1. The molecule has 1 amide bonds. The van der Waals surface area contributed by atoms with E-state index < -0.39 is 0 Å². The van der Waals surface area contributed by atoms with Crippen LogP contribution in [0.15, 0.2) is 42.5 Å². The monoisotopic (exact) mass is 500 g/mol. The van der Waals surface area contributed by atoms with E-state index >= 15 is 0 Å². The molecule has 5 nitrogen and oxygen atoms in total. The third-order valence-corrected chi connectivity index (χ3v) is 7.60. The maximum atomic E-state index is 14.0. The van der Waals surface area contributed by atoms with Crippen LogP contribution >= 0.6 is 11.6 Å². The second-order valence-electron chi connectivity index (χ2n) is 9.80. The van der Waals surface area contributed by atoms with Crippen molar-refractivity contribution in [1.82, 2.24) is 9.80 Å². The van der Waals surface area contributed by atoms with Crippen LogP contribution in [0.25, 0.3) is 0 Å². The molecule has 2 aromatic rings. The van der Waals surface area contributed by atoms with Gasteiger partial charge in [0.15, 0.2) is 0 Å². The lowest BCUT2D eigenvalue weighted by Gasteiger charge is -2.41. The summed E-state index contributed by atoms with van der Waals surface area (Å²) in [7, 11) is 0. The number of carbonyl (C=O) groups excluding carboxylic acids is 2. The van der Waals surface area contributed by atoms with E-state index in [1.165, 1.54) is 6.07 Å². The Balaban J connectivity index is 1.54. The first-order valence-corrected chi connectivity index (χ1v) is 12.9. The summed E-state index contributed by atoms with van der Waals surface area (Å²) >= 11 is 6.44. The minimum absolute atomic E-state index is 0.0895. The summed E-state index contributed by atoms with van der Waals surface area (Å²) in [6.07, 6.45) is 2.25. The van der Waals surface area contributed by atoms with Gasteiger partial charge in [0, 0.05) is 37.7 Å². The van der Waals surface area contributed by atoms with Gasteiger partial charge in [0.1, 0.15) is 5.82 Å². The molecule has 0 aliphatic carbocycles. The smallest absolute Gasteiger partial charge is 0.310 e. The van der Waals surface area contributed by atoms with E-state index in [1.807, 2.05) is 41.3 Å². The predicted molar refractivity (Wildman–Crippen MR) is 135 cm³/mol. The molecular formula is C28H34ClFN2O3. The van der Waals surface area contributed by atoms with Crippen molar-refractivity contribution < 1.29 is 18.7 Å². The molecule has 0 saturated carbocycles. The van der Waals surface area contributed by atoms with Gasteiger partial charge in [0.25, 0.3) is 0 Å². The number of likely N-dealkylation sites (tertiary alicyclic amines) is 2. The molecule has 4 rings (SSSR count). The quantitative estimate of drug-likeness (QED) is 0.512. The summed E-state index contributed by atoms with van der Waals surface area (Å²) in [4.78, 5) is 30.1. The van der Waals surface area contributed by atoms with Crippen molar-refractivity contribution in [2.24, 2.45) is 11.8 Å². The van der Waals surface area contributed by atoms with E-state index in [2.05, 4.69) is 4.90 Å². The molecule has 35 heavy (non-hydrogen) atoms. The van der Waals surface area contributed by atoms with Crippen LogP contribution < -0.4 is 0 Å². The van der Waals surface area contributed by atoms with E-state index in [0.717, 1.165) is 30.5 Å². The number of piperidine rings is 2. The molecule has 0 bridgehead atoms. The highest BCUT2D eigenvalue weighted by Crippen LogP contribution is 2.34. The number of hydrogen-bond donors (Lipinski definition) is 0. The Bertz CT molecular complexity index is 1060. The Morgan fingerprint density at radius 3 is 2.66 bits per heavy atom. The van der Waals surface area contributed by atoms with Gasteiger partial charge < -0.3 is 9.64 Å². The Labute approximate surface area is 212 Å². The lowest BCUT2D eigenvalue weighted by atomic mass is 9.82. The van der Waals surface area contributed by atoms with Crippen LogP contribution in [0.3, 0.4) is 0 Å².